The zero-order valence-electron chi connectivity index (χ0n) is 26.1. The Hall–Kier alpha value is -3.59. The van der Waals surface area contributed by atoms with Crippen LogP contribution in [0.2, 0.25) is 0 Å². The van der Waals surface area contributed by atoms with Crippen LogP contribution in [-0.4, -0.2) is 66.0 Å². The van der Waals surface area contributed by atoms with E-state index in [1.54, 1.807) is 11.0 Å². The maximum Gasteiger partial charge on any atom is 0.331 e. The van der Waals surface area contributed by atoms with Crippen LogP contribution in [0.3, 0.4) is 0 Å². The Morgan fingerprint density at radius 2 is 1.84 bits per heavy atom. The van der Waals surface area contributed by atoms with Crippen LogP contribution < -0.4 is 15.4 Å². The van der Waals surface area contributed by atoms with E-state index in [1.807, 2.05) is 55.4 Å². The van der Waals surface area contributed by atoms with E-state index in [-0.39, 0.29) is 18.4 Å². The molecule has 0 radical (unpaired) electrons. The Kier molecular flexibility index (Phi) is 11.8. The van der Waals surface area contributed by atoms with Crippen molar-refractivity contribution in [3.63, 3.8) is 0 Å². The number of aliphatic imine (C=N–C) groups is 1. The summed E-state index contributed by atoms with van der Waals surface area (Å²) < 4.78 is 5.65. The number of fused-ring (bicyclic) bond motifs is 1. The van der Waals surface area contributed by atoms with Gasteiger partial charge in [0.25, 0.3) is 0 Å². The Morgan fingerprint density at radius 3 is 2.58 bits per heavy atom. The SMILES string of the molecule is CCCCCCN(C(=O)CCCC(O)c1cccc2c1N=C(N)N(CC(=O)Oc1ccccc1N(C)C)C2)C1CCCC1. The van der Waals surface area contributed by atoms with Gasteiger partial charge in [-0.1, -0.05) is 69.4 Å². The van der Waals surface area contributed by atoms with E-state index in [2.05, 4.69) is 16.8 Å². The summed E-state index contributed by atoms with van der Waals surface area (Å²) in [6.07, 6.45) is 9.99. The lowest BCUT2D eigenvalue weighted by Gasteiger charge is -2.30. The second kappa shape index (κ2) is 15.8. The highest BCUT2D eigenvalue weighted by Crippen LogP contribution is 2.35. The summed E-state index contributed by atoms with van der Waals surface area (Å²) in [5.41, 5.74) is 9.33. The van der Waals surface area contributed by atoms with Crippen molar-refractivity contribution in [1.29, 1.82) is 0 Å². The summed E-state index contributed by atoms with van der Waals surface area (Å²) in [4.78, 5) is 36.3. The number of aliphatic hydroxyl groups is 1. The predicted octanol–water partition coefficient (Wildman–Crippen LogP) is 5.68. The van der Waals surface area contributed by atoms with Crippen LogP contribution in [0.5, 0.6) is 5.75 Å². The standard InChI is InChI=1S/C34H49N5O4/c1-4-5-6-11-22-39(26-15-7-8-16-26)31(41)21-13-19-29(40)27-17-12-14-25-23-38(34(35)36-33(25)27)24-32(42)43-30-20-10-9-18-28(30)37(2)3/h9-10,12,14,17-18,20,26,29,40H,4-8,11,13,15-16,19,21-24H2,1-3H3,(H2,35,36). The number of unbranched alkanes of at least 4 members (excludes halogenated alkanes) is 3. The Labute approximate surface area is 256 Å². The summed E-state index contributed by atoms with van der Waals surface area (Å²) in [6, 6.07) is 13.4. The molecule has 0 bridgehead atoms. The summed E-state index contributed by atoms with van der Waals surface area (Å²) >= 11 is 0. The summed E-state index contributed by atoms with van der Waals surface area (Å²) in [5.74, 6) is 0.463. The summed E-state index contributed by atoms with van der Waals surface area (Å²) in [7, 11) is 3.78. The van der Waals surface area contributed by atoms with Gasteiger partial charge >= 0.3 is 5.97 Å². The van der Waals surface area contributed by atoms with Crippen molar-refractivity contribution in [3.05, 3.63) is 53.6 Å². The van der Waals surface area contributed by atoms with Crippen LogP contribution in [0.15, 0.2) is 47.5 Å². The molecule has 0 saturated heterocycles. The number of ether oxygens (including phenoxy) is 1. The van der Waals surface area contributed by atoms with Gasteiger partial charge < -0.3 is 30.3 Å². The van der Waals surface area contributed by atoms with Gasteiger partial charge in [0, 0.05) is 45.2 Å². The minimum Gasteiger partial charge on any atom is -0.423 e. The number of hydrogen-bond acceptors (Lipinski definition) is 8. The van der Waals surface area contributed by atoms with E-state index in [0.717, 1.165) is 43.5 Å². The van der Waals surface area contributed by atoms with E-state index in [9.17, 15) is 14.7 Å². The molecule has 1 saturated carbocycles. The van der Waals surface area contributed by atoms with Crippen molar-refractivity contribution in [2.75, 3.05) is 32.1 Å². The number of nitrogens with two attached hydrogens (primary N) is 1. The van der Waals surface area contributed by atoms with Gasteiger partial charge in [-0.15, -0.1) is 0 Å². The van der Waals surface area contributed by atoms with Gasteiger partial charge in [0.05, 0.1) is 17.5 Å². The molecule has 0 aromatic heterocycles. The fourth-order valence-electron chi connectivity index (χ4n) is 6.16. The molecule has 2 aromatic rings. The summed E-state index contributed by atoms with van der Waals surface area (Å²) in [6.45, 7) is 3.37. The van der Waals surface area contributed by atoms with Gasteiger partial charge in [-0.25, -0.2) is 9.79 Å². The Morgan fingerprint density at radius 1 is 1.07 bits per heavy atom. The number of guanidine groups is 1. The largest absolute Gasteiger partial charge is 0.423 e. The number of carbonyl (C=O) groups is 2. The fourth-order valence-corrected chi connectivity index (χ4v) is 6.16. The van der Waals surface area contributed by atoms with Crippen LogP contribution in [0.1, 0.15) is 94.8 Å². The molecule has 1 amide bonds. The van der Waals surface area contributed by atoms with Gasteiger partial charge in [-0.2, -0.15) is 0 Å². The van der Waals surface area contributed by atoms with E-state index < -0.39 is 12.1 Å². The second-order valence-corrected chi connectivity index (χ2v) is 12.0. The van der Waals surface area contributed by atoms with Crippen molar-refractivity contribution in [3.8, 4) is 5.75 Å². The third kappa shape index (κ3) is 8.72. The van der Waals surface area contributed by atoms with E-state index in [1.165, 1.54) is 25.7 Å². The van der Waals surface area contributed by atoms with Gasteiger partial charge in [0.15, 0.2) is 11.7 Å². The molecular weight excluding hydrogens is 542 g/mol. The Balaban J connectivity index is 1.33. The monoisotopic (exact) mass is 591 g/mol. The first kappa shape index (κ1) is 32.3. The number of para-hydroxylation sites is 3. The molecule has 1 heterocycles. The van der Waals surface area contributed by atoms with Crippen LogP contribution in [-0.2, 0) is 16.1 Å². The van der Waals surface area contributed by atoms with E-state index in [4.69, 9.17) is 10.5 Å². The number of carbonyl (C=O) groups excluding carboxylic acids is 2. The van der Waals surface area contributed by atoms with Crippen molar-refractivity contribution in [2.45, 2.75) is 96.2 Å². The quantitative estimate of drug-likeness (QED) is 0.156. The molecule has 9 heteroatoms. The first-order chi connectivity index (χ1) is 20.8. The molecule has 2 aromatic carbocycles. The highest BCUT2D eigenvalue weighted by molar-refractivity contribution is 5.88. The maximum absolute atomic E-state index is 13.2. The molecule has 4 rings (SSSR count). The normalized spacial score (nSPS) is 15.5. The minimum atomic E-state index is -0.761. The number of hydrogen-bond donors (Lipinski definition) is 2. The minimum absolute atomic E-state index is 0.0542. The average molecular weight is 592 g/mol. The molecule has 2 aliphatic rings. The lowest BCUT2D eigenvalue weighted by atomic mass is 9.97. The van der Waals surface area contributed by atoms with Crippen LogP contribution in [0, 0.1) is 0 Å². The highest BCUT2D eigenvalue weighted by atomic mass is 16.5. The van der Waals surface area contributed by atoms with Crippen LogP contribution in [0.4, 0.5) is 11.4 Å². The average Bonchev–Trinajstić information content (AvgIpc) is 3.52. The van der Waals surface area contributed by atoms with Crippen molar-refractivity contribution in [2.24, 2.45) is 10.7 Å². The van der Waals surface area contributed by atoms with Gasteiger partial charge in [-0.05, 0) is 49.8 Å². The predicted molar refractivity (Wildman–Crippen MR) is 171 cm³/mol. The molecule has 3 N–H and O–H groups in total. The number of rotatable bonds is 15. The smallest absolute Gasteiger partial charge is 0.331 e. The second-order valence-electron chi connectivity index (χ2n) is 12.0. The number of nitrogens with zero attached hydrogens (tertiary/aromatic N) is 4. The zero-order chi connectivity index (χ0) is 30.8. The number of esters is 1. The van der Waals surface area contributed by atoms with Gasteiger partial charge in [0.2, 0.25) is 5.91 Å². The van der Waals surface area contributed by atoms with Crippen molar-refractivity contribution < 1.29 is 19.4 Å². The van der Waals surface area contributed by atoms with Crippen molar-refractivity contribution >= 4 is 29.2 Å². The maximum atomic E-state index is 13.2. The molecule has 0 spiro atoms. The lowest BCUT2D eigenvalue weighted by Crippen LogP contribution is -2.43. The molecule has 1 aliphatic carbocycles. The number of amides is 1. The fraction of sp³-hybridized carbons (Fsp3) is 0.559. The number of aliphatic hydroxyl groups excluding tert-OH is 1. The molecule has 1 fully saturated rings. The summed E-state index contributed by atoms with van der Waals surface area (Å²) in [5, 5.41) is 11.1. The first-order valence-corrected chi connectivity index (χ1v) is 15.9. The molecule has 1 unspecified atom stereocenters. The molecule has 1 atom stereocenters. The molecule has 234 valence electrons. The van der Waals surface area contributed by atoms with Crippen LogP contribution >= 0.6 is 0 Å². The highest BCUT2D eigenvalue weighted by Gasteiger charge is 2.27. The van der Waals surface area contributed by atoms with Crippen LogP contribution in [0.25, 0.3) is 0 Å². The van der Waals surface area contributed by atoms with E-state index >= 15 is 0 Å². The van der Waals surface area contributed by atoms with Gasteiger partial charge in [-0.3, -0.25) is 4.79 Å². The molecule has 9 nitrogen and oxygen atoms in total. The Bertz CT molecular complexity index is 1260. The van der Waals surface area contributed by atoms with Crippen molar-refractivity contribution in [1.82, 2.24) is 9.80 Å². The number of benzene rings is 2. The third-order valence-corrected chi connectivity index (χ3v) is 8.52. The van der Waals surface area contributed by atoms with E-state index in [0.29, 0.717) is 48.8 Å². The molecule has 43 heavy (non-hydrogen) atoms. The molecular formula is C34H49N5O4. The molecule has 1 aliphatic heterocycles. The lowest BCUT2D eigenvalue weighted by molar-refractivity contribution is -0.135. The van der Waals surface area contributed by atoms with Gasteiger partial charge in [0.1, 0.15) is 6.54 Å². The first-order valence-electron chi connectivity index (χ1n) is 15.9. The topological polar surface area (TPSA) is 112 Å². The zero-order valence-corrected chi connectivity index (χ0v) is 26.1. The third-order valence-electron chi connectivity index (χ3n) is 8.52. The number of anilines is 1.